The van der Waals surface area contributed by atoms with Crippen molar-refractivity contribution in [2.24, 2.45) is 0 Å². The van der Waals surface area contributed by atoms with Gasteiger partial charge >= 0.3 is 5.97 Å². The summed E-state index contributed by atoms with van der Waals surface area (Å²) < 4.78 is 10.0. The summed E-state index contributed by atoms with van der Waals surface area (Å²) in [7, 11) is 1.61. The summed E-state index contributed by atoms with van der Waals surface area (Å²) in [6, 6.07) is 0. The maximum atomic E-state index is 10.5. The molecule has 6 nitrogen and oxygen atoms in total. The van der Waals surface area contributed by atoms with Gasteiger partial charge < -0.3 is 14.6 Å². The smallest absolute Gasteiger partial charge is 0.338 e. The Morgan fingerprint density at radius 2 is 2.00 bits per heavy atom. The summed E-state index contributed by atoms with van der Waals surface area (Å²) in [6.07, 6.45) is 3.14. The van der Waals surface area contributed by atoms with Crippen molar-refractivity contribution in [1.82, 2.24) is 9.97 Å². The second-order valence-electron chi connectivity index (χ2n) is 3.05. The minimum atomic E-state index is -1.03. The quantitative estimate of drug-likeness (QED) is 0.677. The number of ether oxygens (including phenoxy) is 2. The summed E-state index contributed by atoms with van der Waals surface area (Å²) in [5, 5.41) is 8.63. The number of aromatic carboxylic acids is 1. The minimum Gasteiger partial charge on any atom is -0.478 e. The third kappa shape index (κ3) is 4.33. The van der Waals surface area contributed by atoms with E-state index < -0.39 is 5.97 Å². The van der Waals surface area contributed by atoms with Crippen molar-refractivity contribution in [3.8, 4) is 0 Å². The van der Waals surface area contributed by atoms with Crippen LogP contribution in [0, 0.1) is 0 Å². The third-order valence-electron chi connectivity index (χ3n) is 1.85. The van der Waals surface area contributed by atoms with Gasteiger partial charge in [0.25, 0.3) is 0 Å². The molecule has 1 rings (SSSR count). The molecule has 1 heterocycles. The normalized spacial score (nSPS) is 10.3. The van der Waals surface area contributed by atoms with Crippen molar-refractivity contribution in [2.75, 3.05) is 26.9 Å². The molecule has 0 aliphatic heterocycles. The van der Waals surface area contributed by atoms with E-state index in [1.807, 2.05) is 0 Å². The largest absolute Gasteiger partial charge is 0.478 e. The van der Waals surface area contributed by atoms with Gasteiger partial charge in [-0.3, -0.25) is 0 Å². The maximum Gasteiger partial charge on any atom is 0.338 e. The van der Waals surface area contributed by atoms with Crippen molar-refractivity contribution in [2.45, 2.75) is 6.42 Å². The number of carboxylic acid groups (broad SMARTS) is 1. The second-order valence-corrected chi connectivity index (χ2v) is 3.05. The fourth-order valence-corrected chi connectivity index (χ4v) is 1.00. The van der Waals surface area contributed by atoms with Gasteiger partial charge in [0.15, 0.2) is 0 Å². The summed E-state index contributed by atoms with van der Waals surface area (Å²) in [5.41, 5.74) is 0.0871. The first kappa shape index (κ1) is 12.5. The number of hydrogen-bond donors (Lipinski definition) is 1. The number of nitrogens with zero attached hydrogens (tertiary/aromatic N) is 2. The molecule has 0 radical (unpaired) electrons. The number of hydrogen-bond acceptors (Lipinski definition) is 5. The van der Waals surface area contributed by atoms with Crippen molar-refractivity contribution < 1.29 is 19.4 Å². The Morgan fingerprint density at radius 3 is 2.56 bits per heavy atom. The number of methoxy groups -OCH3 is 1. The fourth-order valence-electron chi connectivity index (χ4n) is 1.00. The SMILES string of the molecule is COCCOCCc1ncc(C(=O)O)cn1. The van der Waals surface area contributed by atoms with Crippen LogP contribution in [0.4, 0.5) is 0 Å². The zero-order valence-corrected chi connectivity index (χ0v) is 9.05. The molecule has 0 aliphatic rings. The van der Waals surface area contributed by atoms with Crippen molar-refractivity contribution in [3.05, 3.63) is 23.8 Å². The van der Waals surface area contributed by atoms with Crippen LogP contribution < -0.4 is 0 Å². The van der Waals surface area contributed by atoms with Crippen LogP contribution in [0.15, 0.2) is 12.4 Å². The molecule has 0 fully saturated rings. The van der Waals surface area contributed by atoms with Crippen LogP contribution in [0.5, 0.6) is 0 Å². The predicted molar refractivity (Wildman–Crippen MR) is 55.4 cm³/mol. The van der Waals surface area contributed by atoms with E-state index in [0.29, 0.717) is 32.1 Å². The van der Waals surface area contributed by atoms with Crippen molar-refractivity contribution in [3.63, 3.8) is 0 Å². The summed E-state index contributed by atoms with van der Waals surface area (Å²) in [6.45, 7) is 1.58. The fraction of sp³-hybridized carbons (Fsp3) is 0.500. The standard InChI is InChI=1S/C10H14N2O4/c1-15-4-5-16-3-2-9-11-6-8(7-12-9)10(13)14/h6-7H,2-5H2,1H3,(H,13,14). The van der Waals surface area contributed by atoms with Crippen LogP contribution >= 0.6 is 0 Å². The van der Waals surface area contributed by atoms with E-state index in [-0.39, 0.29) is 5.56 Å². The molecule has 0 amide bonds. The first-order chi connectivity index (χ1) is 7.74. The summed E-state index contributed by atoms with van der Waals surface area (Å²) in [5.74, 6) is -0.453. The molecule has 0 atom stereocenters. The molecule has 0 aliphatic carbocycles. The van der Waals surface area contributed by atoms with Crippen LogP contribution in [0.2, 0.25) is 0 Å². The highest BCUT2D eigenvalue weighted by Gasteiger charge is 2.03. The van der Waals surface area contributed by atoms with Gasteiger partial charge in [0.2, 0.25) is 0 Å². The van der Waals surface area contributed by atoms with Crippen LogP contribution in [0.25, 0.3) is 0 Å². The van der Waals surface area contributed by atoms with E-state index in [4.69, 9.17) is 14.6 Å². The zero-order chi connectivity index (χ0) is 11.8. The molecule has 0 aromatic carbocycles. The first-order valence-electron chi connectivity index (χ1n) is 4.85. The Kier molecular flexibility index (Phi) is 5.38. The Balaban J connectivity index is 2.29. The van der Waals surface area contributed by atoms with E-state index in [2.05, 4.69) is 9.97 Å². The van der Waals surface area contributed by atoms with E-state index in [1.165, 1.54) is 12.4 Å². The van der Waals surface area contributed by atoms with Gasteiger partial charge in [-0.15, -0.1) is 0 Å². The van der Waals surface area contributed by atoms with Gasteiger partial charge in [-0.25, -0.2) is 14.8 Å². The van der Waals surface area contributed by atoms with Gasteiger partial charge in [0.1, 0.15) is 5.82 Å². The number of aromatic nitrogens is 2. The lowest BCUT2D eigenvalue weighted by atomic mass is 10.3. The molecule has 1 aromatic rings. The molecule has 1 N–H and O–H groups in total. The molecular weight excluding hydrogens is 212 g/mol. The summed E-state index contributed by atoms with van der Waals surface area (Å²) >= 11 is 0. The average molecular weight is 226 g/mol. The Morgan fingerprint density at radius 1 is 1.31 bits per heavy atom. The Labute approximate surface area is 93.2 Å². The van der Waals surface area contributed by atoms with E-state index in [0.717, 1.165) is 0 Å². The van der Waals surface area contributed by atoms with E-state index in [1.54, 1.807) is 7.11 Å². The lowest BCUT2D eigenvalue weighted by molar-refractivity contribution is 0.0695. The molecule has 0 saturated heterocycles. The molecule has 0 bridgehead atoms. The highest BCUT2D eigenvalue weighted by molar-refractivity contribution is 5.86. The van der Waals surface area contributed by atoms with E-state index in [9.17, 15) is 4.79 Å². The lowest BCUT2D eigenvalue weighted by Gasteiger charge is -2.02. The van der Waals surface area contributed by atoms with Gasteiger partial charge in [0, 0.05) is 25.9 Å². The predicted octanol–water partition coefficient (Wildman–Crippen LogP) is 0.380. The molecule has 6 heteroatoms. The maximum absolute atomic E-state index is 10.5. The van der Waals surface area contributed by atoms with Crippen LogP contribution in [0.1, 0.15) is 16.2 Å². The topological polar surface area (TPSA) is 81.5 Å². The molecule has 0 saturated carbocycles. The molecule has 0 spiro atoms. The third-order valence-corrected chi connectivity index (χ3v) is 1.85. The lowest BCUT2D eigenvalue weighted by Crippen LogP contribution is -2.08. The van der Waals surface area contributed by atoms with Crippen LogP contribution in [0.3, 0.4) is 0 Å². The highest BCUT2D eigenvalue weighted by atomic mass is 16.5. The minimum absolute atomic E-state index is 0.0871. The van der Waals surface area contributed by atoms with E-state index >= 15 is 0 Å². The van der Waals surface area contributed by atoms with Gasteiger partial charge in [-0.2, -0.15) is 0 Å². The molecule has 0 unspecified atom stereocenters. The average Bonchev–Trinajstić information content (AvgIpc) is 2.29. The highest BCUT2D eigenvalue weighted by Crippen LogP contribution is 1.97. The van der Waals surface area contributed by atoms with Crippen molar-refractivity contribution >= 4 is 5.97 Å². The molecule has 1 aromatic heterocycles. The van der Waals surface area contributed by atoms with Gasteiger partial charge in [0.05, 0.1) is 25.4 Å². The molecule has 16 heavy (non-hydrogen) atoms. The van der Waals surface area contributed by atoms with Crippen LogP contribution in [-0.4, -0.2) is 48.0 Å². The second kappa shape index (κ2) is 6.86. The van der Waals surface area contributed by atoms with Crippen molar-refractivity contribution in [1.29, 1.82) is 0 Å². The Bertz CT molecular complexity index is 326. The van der Waals surface area contributed by atoms with Gasteiger partial charge in [-0.1, -0.05) is 0 Å². The molecule has 88 valence electrons. The monoisotopic (exact) mass is 226 g/mol. The first-order valence-corrected chi connectivity index (χ1v) is 4.85. The zero-order valence-electron chi connectivity index (χ0n) is 9.05. The summed E-state index contributed by atoms with van der Waals surface area (Å²) in [4.78, 5) is 18.4. The van der Waals surface area contributed by atoms with Crippen LogP contribution in [-0.2, 0) is 15.9 Å². The van der Waals surface area contributed by atoms with Gasteiger partial charge in [-0.05, 0) is 0 Å². The number of carbonyl (C=O) groups is 1. The molecular formula is C10H14N2O4. The Hall–Kier alpha value is -1.53. The number of rotatable bonds is 7. The number of carboxylic acids is 1.